The maximum Gasteiger partial charge on any atom is 0.248 e. The first-order valence-electron chi connectivity index (χ1n) is 5.74. The van der Waals surface area contributed by atoms with Gasteiger partial charge in [0.1, 0.15) is 12.1 Å². The summed E-state index contributed by atoms with van der Waals surface area (Å²) < 4.78 is 0. The Morgan fingerprint density at radius 2 is 2.00 bits per heavy atom. The largest absolute Gasteiger partial charge is 0.342 e. The number of benzene rings is 1. The maximum atomic E-state index is 12.1. The van der Waals surface area contributed by atoms with Crippen LogP contribution in [-0.4, -0.2) is 29.3 Å². The molecule has 1 N–H and O–H groups in total. The van der Waals surface area contributed by atoms with Crippen molar-refractivity contribution in [1.29, 1.82) is 0 Å². The van der Waals surface area contributed by atoms with Crippen LogP contribution >= 0.6 is 0 Å². The van der Waals surface area contributed by atoms with E-state index in [4.69, 9.17) is 6.42 Å². The summed E-state index contributed by atoms with van der Waals surface area (Å²) in [5.74, 6) is 2.09. The number of carbonyl (C=O) groups is 2. The summed E-state index contributed by atoms with van der Waals surface area (Å²) in [7, 11) is 0. The number of amides is 2. The number of terminal acetylenes is 1. The normalized spacial score (nSPS) is 23.4. The summed E-state index contributed by atoms with van der Waals surface area (Å²) in [4.78, 5) is 25.6. The highest BCUT2D eigenvalue weighted by Gasteiger charge is 2.38. The number of nitrogens with zero attached hydrogens (tertiary/aromatic N) is 1. The van der Waals surface area contributed by atoms with Crippen LogP contribution in [0.1, 0.15) is 18.5 Å². The lowest BCUT2D eigenvalue weighted by Crippen LogP contribution is -2.58. The monoisotopic (exact) mass is 242 g/mol. The van der Waals surface area contributed by atoms with Crippen molar-refractivity contribution in [3.05, 3.63) is 35.9 Å². The predicted octanol–water partition coefficient (Wildman–Crippen LogP) is 0.708. The van der Waals surface area contributed by atoms with Gasteiger partial charge in [-0.1, -0.05) is 36.3 Å². The number of nitrogens with one attached hydrogen (secondary N) is 1. The molecule has 0 radical (unpaired) electrons. The van der Waals surface area contributed by atoms with Gasteiger partial charge in [0, 0.05) is 0 Å². The Kier molecular flexibility index (Phi) is 3.33. The van der Waals surface area contributed by atoms with Crippen LogP contribution in [0.4, 0.5) is 0 Å². The molecule has 0 saturated carbocycles. The zero-order chi connectivity index (χ0) is 13.1. The lowest BCUT2D eigenvalue weighted by molar-refractivity contribution is -0.148. The van der Waals surface area contributed by atoms with Gasteiger partial charge < -0.3 is 10.2 Å². The second-order valence-corrected chi connectivity index (χ2v) is 4.21. The SMILES string of the molecule is C#CCN1C(=O)C(C)NC(=O)C1c1ccccc1. The third-order valence-corrected chi connectivity index (χ3v) is 2.95. The third-order valence-electron chi connectivity index (χ3n) is 2.95. The number of carbonyl (C=O) groups excluding carboxylic acids is 2. The van der Waals surface area contributed by atoms with Crippen LogP contribution in [-0.2, 0) is 9.59 Å². The van der Waals surface area contributed by atoms with Crippen LogP contribution in [0.5, 0.6) is 0 Å². The molecule has 1 aromatic rings. The first kappa shape index (κ1) is 12.2. The van der Waals surface area contributed by atoms with Crippen molar-refractivity contribution in [2.45, 2.75) is 19.0 Å². The lowest BCUT2D eigenvalue weighted by Gasteiger charge is -2.37. The zero-order valence-corrected chi connectivity index (χ0v) is 10.1. The fourth-order valence-corrected chi connectivity index (χ4v) is 2.11. The van der Waals surface area contributed by atoms with E-state index in [-0.39, 0.29) is 18.4 Å². The predicted molar refractivity (Wildman–Crippen MR) is 67.3 cm³/mol. The summed E-state index contributed by atoms with van der Waals surface area (Å²) in [5.41, 5.74) is 0.769. The smallest absolute Gasteiger partial charge is 0.248 e. The van der Waals surface area contributed by atoms with E-state index in [1.165, 1.54) is 4.90 Å². The minimum absolute atomic E-state index is 0.135. The molecule has 0 aromatic heterocycles. The summed E-state index contributed by atoms with van der Waals surface area (Å²) in [5, 5.41) is 2.67. The molecule has 4 nitrogen and oxygen atoms in total. The molecule has 0 bridgehead atoms. The molecule has 1 fully saturated rings. The standard InChI is InChI=1S/C14H14N2O2/c1-3-9-16-12(11-7-5-4-6-8-11)13(17)15-10(2)14(16)18/h1,4-8,10,12H,9H2,2H3,(H,15,17). The Morgan fingerprint density at radius 1 is 1.33 bits per heavy atom. The Hall–Kier alpha value is -2.28. The summed E-state index contributed by atoms with van der Waals surface area (Å²) in [6.45, 7) is 1.79. The van der Waals surface area contributed by atoms with Crippen LogP contribution in [0.3, 0.4) is 0 Å². The molecule has 2 unspecified atom stereocenters. The molecule has 2 amide bonds. The van der Waals surface area contributed by atoms with Crippen LogP contribution in [0, 0.1) is 12.3 Å². The summed E-state index contributed by atoms with van der Waals surface area (Å²) >= 11 is 0. The van der Waals surface area contributed by atoms with E-state index < -0.39 is 12.1 Å². The van der Waals surface area contributed by atoms with E-state index in [0.29, 0.717) is 0 Å². The van der Waals surface area contributed by atoms with Gasteiger partial charge in [-0.15, -0.1) is 6.42 Å². The van der Waals surface area contributed by atoms with Gasteiger partial charge in [-0.2, -0.15) is 0 Å². The Balaban J connectivity index is 2.39. The fraction of sp³-hybridized carbons (Fsp3) is 0.286. The van der Waals surface area contributed by atoms with E-state index in [2.05, 4.69) is 11.2 Å². The second-order valence-electron chi connectivity index (χ2n) is 4.21. The Morgan fingerprint density at radius 3 is 2.61 bits per heavy atom. The van der Waals surface area contributed by atoms with Gasteiger partial charge in [-0.3, -0.25) is 9.59 Å². The van der Waals surface area contributed by atoms with E-state index in [1.807, 2.05) is 30.3 Å². The molecule has 1 aromatic carbocycles. The molecule has 0 spiro atoms. The van der Waals surface area contributed by atoms with Crippen molar-refractivity contribution in [1.82, 2.24) is 10.2 Å². The van der Waals surface area contributed by atoms with Crippen LogP contribution in [0.2, 0.25) is 0 Å². The maximum absolute atomic E-state index is 12.1. The molecule has 4 heteroatoms. The van der Waals surface area contributed by atoms with Gasteiger partial charge in [-0.25, -0.2) is 0 Å². The first-order chi connectivity index (χ1) is 8.65. The molecule has 1 aliphatic heterocycles. The second kappa shape index (κ2) is 4.92. The van der Waals surface area contributed by atoms with Gasteiger partial charge in [-0.05, 0) is 12.5 Å². The third kappa shape index (κ3) is 2.07. The Bertz CT molecular complexity index is 504. The molecule has 1 saturated heterocycles. The molecule has 2 atom stereocenters. The van der Waals surface area contributed by atoms with E-state index in [9.17, 15) is 9.59 Å². The van der Waals surface area contributed by atoms with Crippen LogP contribution < -0.4 is 5.32 Å². The van der Waals surface area contributed by atoms with Crippen molar-refractivity contribution < 1.29 is 9.59 Å². The van der Waals surface area contributed by atoms with Gasteiger partial charge >= 0.3 is 0 Å². The average Bonchev–Trinajstić information content (AvgIpc) is 2.37. The lowest BCUT2D eigenvalue weighted by atomic mass is 10.00. The first-order valence-corrected chi connectivity index (χ1v) is 5.74. The molecular formula is C14H14N2O2. The van der Waals surface area contributed by atoms with Crippen LogP contribution in [0.25, 0.3) is 0 Å². The minimum atomic E-state index is -0.633. The topological polar surface area (TPSA) is 49.4 Å². The van der Waals surface area contributed by atoms with Crippen molar-refractivity contribution in [2.24, 2.45) is 0 Å². The molecule has 92 valence electrons. The van der Waals surface area contributed by atoms with Crippen molar-refractivity contribution in [3.8, 4) is 12.3 Å². The Labute approximate surface area is 106 Å². The molecule has 2 rings (SSSR count). The number of hydrogen-bond acceptors (Lipinski definition) is 2. The quantitative estimate of drug-likeness (QED) is 0.776. The molecule has 1 heterocycles. The van der Waals surface area contributed by atoms with Crippen molar-refractivity contribution >= 4 is 11.8 Å². The highest BCUT2D eigenvalue weighted by atomic mass is 16.2. The van der Waals surface area contributed by atoms with Gasteiger partial charge in [0.2, 0.25) is 11.8 Å². The zero-order valence-electron chi connectivity index (χ0n) is 10.1. The van der Waals surface area contributed by atoms with Crippen molar-refractivity contribution in [3.63, 3.8) is 0 Å². The van der Waals surface area contributed by atoms with Gasteiger partial charge in [0.05, 0.1) is 6.54 Å². The number of piperazine rings is 1. The van der Waals surface area contributed by atoms with E-state index in [1.54, 1.807) is 6.92 Å². The highest BCUT2D eigenvalue weighted by Crippen LogP contribution is 2.24. The average molecular weight is 242 g/mol. The van der Waals surface area contributed by atoms with Crippen molar-refractivity contribution in [2.75, 3.05) is 6.54 Å². The highest BCUT2D eigenvalue weighted by molar-refractivity contribution is 5.97. The minimum Gasteiger partial charge on any atom is -0.342 e. The number of hydrogen-bond donors (Lipinski definition) is 1. The molecular weight excluding hydrogens is 228 g/mol. The van der Waals surface area contributed by atoms with E-state index in [0.717, 1.165) is 5.56 Å². The van der Waals surface area contributed by atoms with E-state index >= 15 is 0 Å². The summed E-state index contributed by atoms with van der Waals surface area (Å²) in [6.07, 6.45) is 5.28. The van der Waals surface area contributed by atoms with Gasteiger partial charge in [0.25, 0.3) is 0 Å². The number of rotatable bonds is 2. The molecule has 0 aliphatic carbocycles. The molecule has 1 aliphatic rings. The summed E-state index contributed by atoms with van der Waals surface area (Å²) in [6, 6.07) is 8.00. The van der Waals surface area contributed by atoms with Gasteiger partial charge in [0.15, 0.2) is 0 Å². The fourth-order valence-electron chi connectivity index (χ4n) is 2.11. The molecule has 18 heavy (non-hydrogen) atoms. The van der Waals surface area contributed by atoms with Crippen LogP contribution in [0.15, 0.2) is 30.3 Å².